The molecule has 1 unspecified atom stereocenters. The maximum absolute atomic E-state index is 10.4. The fourth-order valence-electron chi connectivity index (χ4n) is 0.262. The zero-order chi connectivity index (χ0) is 10.7. The zero-order valence-electron chi connectivity index (χ0n) is 8.32. The lowest BCUT2D eigenvalue weighted by molar-refractivity contribution is -0.151. The maximum Gasteiger partial charge on any atom is 0.334 e. The molecule has 0 aliphatic heterocycles. The van der Waals surface area contributed by atoms with E-state index in [0.29, 0.717) is 0 Å². The molecule has 0 aromatic carbocycles. The molecule has 0 aromatic heterocycles. The van der Waals surface area contributed by atoms with Crippen molar-refractivity contribution in [2.75, 3.05) is 6.61 Å². The lowest BCUT2D eigenvalue weighted by atomic mass is 10.4. The van der Waals surface area contributed by atoms with E-state index in [2.05, 4.69) is 17.9 Å². The van der Waals surface area contributed by atoms with Crippen molar-refractivity contribution < 1.29 is 14.6 Å². The highest BCUT2D eigenvalue weighted by atomic mass is 28.1. The van der Waals surface area contributed by atoms with Crippen LogP contribution < -0.4 is 0 Å². The van der Waals surface area contributed by atoms with Gasteiger partial charge in [0.05, 0.1) is 0 Å². The number of hydrogen-bond donors (Lipinski definition) is 1. The first-order chi connectivity index (χ1) is 6.09. The molecule has 0 aromatic rings. The third-order valence-corrected chi connectivity index (χ3v) is 1.55. The monoisotopic (exact) mass is 202 g/mol. The molecule has 0 spiro atoms. The molecule has 0 saturated heterocycles. The number of esters is 1. The van der Waals surface area contributed by atoms with Crippen molar-refractivity contribution in [1.82, 2.24) is 0 Å². The fraction of sp³-hybridized carbons (Fsp3) is 0.444. The van der Waals surface area contributed by atoms with Gasteiger partial charge in [0.25, 0.3) is 0 Å². The SMILES string of the molecule is C=CCOC(=O)C(C)O.C=CC[SiH3]. The molecule has 0 bridgehead atoms. The molecule has 13 heavy (non-hydrogen) atoms. The van der Waals surface area contributed by atoms with Gasteiger partial charge in [-0.1, -0.05) is 18.7 Å². The lowest BCUT2D eigenvalue weighted by Crippen LogP contribution is -2.19. The maximum atomic E-state index is 10.4. The van der Waals surface area contributed by atoms with Crippen LogP contribution in [0.5, 0.6) is 0 Å². The predicted octanol–water partition coefficient (Wildman–Crippen LogP) is 0.0525. The van der Waals surface area contributed by atoms with E-state index < -0.39 is 12.1 Å². The molecule has 0 amide bonds. The van der Waals surface area contributed by atoms with E-state index >= 15 is 0 Å². The Kier molecular flexibility index (Phi) is 12.5. The third kappa shape index (κ3) is 14.0. The van der Waals surface area contributed by atoms with Gasteiger partial charge in [-0.25, -0.2) is 4.79 Å². The molecular formula is C9H18O3Si. The Morgan fingerprint density at radius 3 is 2.31 bits per heavy atom. The Hall–Kier alpha value is -0.873. The van der Waals surface area contributed by atoms with Gasteiger partial charge in [0.15, 0.2) is 0 Å². The van der Waals surface area contributed by atoms with Gasteiger partial charge in [-0.05, 0) is 13.0 Å². The summed E-state index contributed by atoms with van der Waals surface area (Å²) in [5, 5.41) is 8.54. The summed E-state index contributed by atoms with van der Waals surface area (Å²) in [4.78, 5) is 10.4. The van der Waals surface area contributed by atoms with Crippen LogP contribution >= 0.6 is 0 Å². The van der Waals surface area contributed by atoms with E-state index in [9.17, 15) is 4.79 Å². The summed E-state index contributed by atoms with van der Waals surface area (Å²) < 4.78 is 4.45. The number of carbonyl (C=O) groups is 1. The number of aliphatic hydroxyl groups is 1. The Labute approximate surface area is 82.5 Å². The number of hydrogen-bond acceptors (Lipinski definition) is 3. The second-order valence-corrected chi connectivity index (χ2v) is 3.11. The second-order valence-electron chi connectivity index (χ2n) is 2.29. The van der Waals surface area contributed by atoms with Crippen LogP contribution in [0.4, 0.5) is 0 Å². The summed E-state index contributed by atoms with van der Waals surface area (Å²) in [7, 11) is 1.27. The van der Waals surface area contributed by atoms with E-state index in [1.807, 2.05) is 6.08 Å². The van der Waals surface area contributed by atoms with Crippen LogP contribution in [0.3, 0.4) is 0 Å². The van der Waals surface area contributed by atoms with Gasteiger partial charge in [-0.15, -0.1) is 6.58 Å². The van der Waals surface area contributed by atoms with Crippen LogP contribution in [-0.4, -0.2) is 34.0 Å². The average Bonchev–Trinajstić information content (AvgIpc) is 2.14. The molecule has 1 N–H and O–H groups in total. The predicted molar refractivity (Wildman–Crippen MR) is 57.8 cm³/mol. The first-order valence-corrected chi connectivity index (χ1v) is 5.58. The van der Waals surface area contributed by atoms with Gasteiger partial charge < -0.3 is 9.84 Å². The van der Waals surface area contributed by atoms with Crippen molar-refractivity contribution in [2.45, 2.75) is 19.1 Å². The molecule has 3 nitrogen and oxygen atoms in total. The van der Waals surface area contributed by atoms with E-state index in [1.165, 1.54) is 29.3 Å². The van der Waals surface area contributed by atoms with Crippen molar-refractivity contribution in [3.8, 4) is 0 Å². The molecular weight excluding hydrogens is 184 g/mol. The van der Waals surface area contributed by atoms with E-state index in [1.54, 1.807) is 0 Å². The van der Waals surface area contributed by atoms with Gasteiger partial charge in [-0.3, -0.25) is 0 Å². The van der Waals surface area contributed by atoms with Crippen LogP contribution in [0.1, 0.15) is 6.92 Å². The van der Waals surface area contributed by atoms with Crippen molar-refractivity contribution in [1.29, 1.82) is 0 Å². The molecule has 4 heteroatoms. The minimum Gasteiger partial charge on any atom is -0.460 e. The smallest absolute Gasteiger partial charge is 0.334 e. The molecule has 0 rings (SSSR count). The topological polar surface area (TPSA) is 46.5 Å². The summed E-state index contributed by atoms with van der Waals surface area (Å²) in [6, 6.07) is 1.22. The minimum absolute atomic E-state index is 0.156. The summed E-state index contributed by atoms with van der Waals surface area (Å²) in [5.74, 6) is -0.616. The number of ether oxygens (including phenoxy) is 1. The van der Waals surface area contributed by atoms with Gasteiger partial charge in [-0.2, -0.15) is 0 Å². The normalized spacial score (nSPS) is 10.6. The van der Waals surface area contributed by atoms with Crippen molar-refractivity contribution in [3.05, 3.63) is 25.3 Å². The molecule has 76 valence electrons. The molecule has 0 aliphatic carbocycles. The summed E-state index contributed by atoms with van der Waals surface area (Å²) >= 11 is 0. The van der Waals surface area contributed by atoms with Crippen molar-refractivity contribution in [3.63, 3.8) is 0 Å². The highest BCUT2D eigenvalue weighted by Gasteiger charge is 2.07. The number of aliphatic hydroxyl groups excluding tert-OH is 1. The van der Waals surface area contributed by atoms with E-state index in [0.717, 1.165) is 0 Å². The van der Waals surface area contributed by atoms with Crippen LogP contribution in [0.15, 0.2) is 25.3 Å². The molecule has 0 aliphatic rings. The van der Waals surface area contributed by atoms with Gasteiger partial charge >= 0.3 is 5.97 Å². The zero-order valence-corrected chi connectivity index (χ0v) is 10.3. The van der Waals surface area contributed by atoms with Crippen LogP contribution in [0.2, 0.25) is 6.04 Å². The Morgan fingerprint density at radius 1 is 1.62 bits per heavy atom. The number of rotatable bonds is 4. The van der Waals surface area contributed by atoms with E-state index in [-0.39, 0.29) is 6.61 Å². The van der Waals surface area contributed by atoms with Crippen molar-refractivity contribution in [2.24, 2.45) is 0 Å². The standard InChI is InChI=1S/C6H10O3.C3H8Si/c1-3-4-9-6(8)5(2)7;1-2-3-4/h3,5,7H,1,4H2,2H3;2H,1,3H2,4H3. The fourth-order valence-corrected chi connectivity index (χ4v) is 0.262. The Morgan fingerprint density at radius 2 is 2.08 bits per heavy atom. The molecule has 0 fully saturated rings. The first kappa shape index (κ1) is 14.6. The molecule has 0 saturated carbocycles. The first-order valence-electron chi connectivity index (χ1n) is 4.16. The number of carbonyl (C=O) groups excluding carboxylic acids is 1. The van der Waals surface area contributed by atoms with Crippen molar-refractivity contribution >= 4 is 16.2 Å². The summed E-state index contributed by atoms with van der Waals surface area (Å²) in [6.07, 6.45) is 2.34. The molecule has 0 heterocycles. The van der Waals surface area contributed by atoms with Crippen LogP contribution in [0.25, 0.3) is 0 Å². The van der Waals surface area contributed by atoms with Gasteiger partial charge in [0, 0.05) is 10.2 Å². The van der Waals surface area contributed by atoms with Crippen LogP contribution in [-0.2, 0) is 9.53 Å². The molecule has 1 atom stereocenters. The minimum atomic E-state index is -1.04. The molecule has 0 radical (unpaired) electrons. The average molecular weight is 202 g/mol. The number of allylic oxidation sites excluding steroid dienone is 1. The van der Waals surface area contributed by atoms with Crippen LogP contribution in [0, 0.1) is 0 Å². The third-order valence-electron chi connectivity index (χ3n) is 0.973. The highest BCUT2D eigenvalue weighted by molar-refractivity contribution is 6.09. The largest absolute Gasteiger partial charge is 0.460 e. The van der Waals surface area contributed by atoms with E-state index in [4.69, 9.17) is 5.11 Å². The second kappa shape index (κ2) is 11.1. The highest BCUT2D eigenvalue weighted by Crippen LogP contribution is 1.85. The Bertz CT molecular complexity index is 155. The lowest BCUT2D eigenvalue weighted by Gasteiger charge is -2.01. The van der Waals surface area contributed by atoms with Gasteiger partial charge in [0.1, 0.15) is 12.7 Å². The Balaban J connectivity index is 0. The van der Waals surface area contributed by atoms with Gasteiger partial charge in [0.2, 0.25) is 0 Å². The summed E-state index contributed by atoms with van der Waals surface area (Å²) in [5.41, 5.74) is 0. The summed E-state index contributed by atoms with van der Waals surface area (Å²) in [6.45, 7) is 8.36. The quantitative estimate of drug-likeness (QED) is 0.398.